The summed E-state index contributed by atoms with van der Waals surface area (Å²) in [6.45, 7) is 0. The van der Waals surface area contributed by atoms with Crippen molar-refractivity contribution in [3.05, 3.63) is 144 Å². The third-order valence-corrected chi connectivity index (χ3v) is 7.05. The summed E-state index contributed by atoms with van der Waals surface area (Å²) in [5.74, 6) is 0.300. The van der Waals surface area contributed by atoms with E-state index in [0.717, 1.165) is 12.0 Å². The largest absolute Gasteiger partial charge is 0.324 e. The van der Waals surface area contributed by atoms with Crippen molar-refractivity contribution in [1.29, 1.82) is 0 Å². The minimum atomic E-state index is 0.187. The summed E-state index contributed by atoms with van der Waals surface area (Å²) < 4.78 is 0. The van der Waals surface area contributed by atoms with Crippen LogP contribution < -0.4 is 4.90 Å². The Morgan fingerprint density at radius 1 is 0.636 bits per heavy atom. The summed E-state index contributed by atoms with van der Waals surface area (Å²) in [7, 11) is 2.36. The van der Waals surface area contributed by atoms with Gasteiger partial charge in [-0.25, -0.2) is 0 Å². The van der Waals surface area contributed by atoms with E-state index in [1.807, 2.05) is 0 Å². The van der Waals surface area contributed by atoms with Crippen LogP contribution in [0.4, 0.5) is 0 Å². The number of nitrogens with one attached hydrogen (secondary N) is 1. The van der Waals surface area contributed by atoms with Gasteiger partial charge < -0.3 is 4.90 Å². The molecule has 1 fully saturated rings. The average molecular weight is 432 g/mol. The molecular weight excluding hydrogens is 400 g/mol. The van der Waals surface area contributed by atoms with E-state index in [1.54, 1.807) is 0 Å². The molecule has 0 saturated carbocycles. The van der Waals surface area contributed by atoms with Gasteiger partial charge in [-0.2, -0.15) is 0 Å². The third kappa shape index (κ3) is 4.67. The molecule has 1 unspecified atom stereocenters. The Hall–Kier alpha value is -3.49. The number of likely N-dealkylation sites (tertiary alicyclic amines) is 1. The van der Waals surface area contributed by atoms with E-state index in [2.05, 4.69) is 135 Å². The molecule has 2 nitrogen and oxygen atoms in total. The zero-order valence-electron chi connectivity index (χ0n) is 19.1. The Kier molecular flexibility index (Phi) is 6.46. The topological polar surface area (TPSA) is 16.8 Å². The first-order chi connectivity index (χ1) is 16.3. The molecular formula is C31H31N2+. The Balaban J connectivity index is 1.62. The highest BCUT2D eigenvalue weighted by Gasteiger charge is 2.46. The first kappa shape index (κ1) is 21.4. The Labute approximate surface area is 197 Å². The fourth-order valence-electron chi connectivity index (χ4n) is 5.48. The molecule has 2 heteroatoms. The van der Waals surface area contributed by atoms with Crippen LogP contribution in [0.5, 0.6) is 0 Å². The van der Waals surface area contributed by atoms with Crippen molar-refractivity contribution in [3.8, 4) is 0 Å². The summed E-state index contributed by atoms with van der Waals surface area (Å²) in [6.07, 6.45) is 3.09. The maximum atomic E-state index is 5.26. The quantitative estimate of drug-likeness (QED) is 0.393. The summed E-state index contributed by atoms with van der Waals surface area (Å²) >= 11 is 0. The van der Waals surface area contributed by atoms with Gasteiger partial charge in [-0.1, -0.05) is 121 Å². The van der Waals surface area contributed by atoms with Gasteiger partial charge in [0.25, 0.3) is 0 Å². The zero-order valence-corrected chi connectivity index (χ0v) is 19.1. The molecule has 0 bridgehead atoms. The van der Waals surface area contributed by atoms with Gasteiger partial charge in [-0.05, 0) is 11.1 Å². The first-order valence-corrected chi connectivity index (χ1v) is 11.9. The zero-order chi connectivity index (χ0) is 22.5. The standard InChI is InChI=1S/C31H30N2/c1-33-29(25-16-8-3-9-17-25)22-28(32-23-24-14-6-2-7-15-24)30(26-18-10-4-11-19-26)31(33)27-20-12-5-13-21-27/h2-21,23,28-31H,22H2,1H3/p+1/t28-,29+,30-,31-/m0/s1. The monoisotopic (exact) mass is 431 g/mol. The fourth-order valence-corrected chi connectivity index (χ4v) is 5.48. The lowest BCUT2D eigenvalue weighted by Gasteiger charge is -2.45. The number of hydrogen-bond donors (Lipinski definition) is 1. The second-order valence-electron chi connectivity index (χ2n) is 9.02. The van der Waals surface area contributed by atoms with Crippen molar-refractivity contribution >= 4 is 6.21 Å². The minimum absolute atomic E-state index is 0.187. The lowest BCUT2D eigenvalue weighted by atomic mass is 9.74. The Bertz CT molecular complexity index is 1160. The molecule has 4 aromatic carbocycles. The van der Waals surface area contributed by atoms with Crippen LogP contribution >= 0.6 is 0 Å². The van der Waals surface area contributed by atoms with Crippen LogP contribution in [0.3, 0.4) is 0 Å². The number of piperidine rings is 1. The van der Waals surface area contributed by atoms with Crippen molar-refractivity contribution in [2.24, 2.45) is 4.99 Å². The average Bonchev–Trinajstić information content (AvgIpc) is 2.89. The van der Waals surface area contributed by atoms with Crippen LogP contribution in [0.25, 0.3) is 0 Å². The van der Waals surface area contributed by atoms with Gasteiger partial charge in [0.15, 0.2) is 0 Å². The number of rotatable bonds is 5. The van der Waals surface area contributed by atoms with E-state index >= 15 is 0 Å². The SMILES string of the molecule is C[NH+]1[C@@H](c2ccccc2)C[C@H](N=Cc2ccccc2)[C@H](c2ccccc2)[C@@H]1c1ccccc1. The van der Waals surface area contributed by atoms with Crippen molar-refractivity contribution < 1.29 is 4.90 Å². The molecule has 1 heterocycles. The van der Waals surface area contributed by atoms with Gasteiger partial charge in [-0.3, -0.25) is 4.99 Å². The number of nitrogens with zero attached hydrogens (tertiary/aromatic N) is 1. The fraction of sp³-hybridized carbons (Fsp3) is 0.194. The molecule has 5 atom stereocenters. The van der Waals surface area contributed by atoms with Gasteiger partial charge in [0, 0.05) is 23.8 Å². The second-order valence-corrected chi connectivity index (χ2v) is 9.02. The molecule has 1 N–H and O–H groups in total. The number of benzene rings is 4. The van der Waals surface area contributed by atoms with Gasteiger partial charge in [0.05, 0.1) is 19.0 Å². The van der Waals surface area contributed by atoms with Crippen molar-refractivity contribution in [1.82, 2.24) is 0 Å². The molecule has 0 aromatic heterocycles. The van der Waals surface area contributed by atoms with Gasteiger partial charge in [0.1, 0.15) is 12.1 Å². The molecule has 5 rings (SSSR count). The number of hydrogen-bond acceptors (Lipinski definition) is 1. The maximum Gasteiger partial charge on any atom is 0.122 e. The van der Waals surface area contributed by atoms with Crippen LogP contribution in [0.2, 0.25) is 0 Å². The van der Waals surface area contributed by atoms with Gasteiger partial charge in [-0.15, -0.1) is 0 Å². The highest BCUT2D eigenvalue weighted by molar-refractivity contribution is 5.79. The van der Waals surface area contributed by atoms with E-state index in [4.69, 9.17) is 4.99 Å². The molecule has 1 saturated heterocycles. The molecule has 0 aliphatic carbocycles. The molecule has 1 aliphatic heterocycles. The van der Waals surface area contributed by atoms with Gasteiger partial charge in [0.2, 0.25) is 0 Å². The Morgan fingerprint density at radius 3 is 1.70 bits per heavy atom. The first-order valence-electron chi connectivity index (χ1n) is 11.9. The van der Waals surface area contributed by atoms with E-state index in [9.17, 15) is 0 Å². The predicted molar refractivity (Wildman–Crippen MR) is 137 cm³/mol. The molecule has 0 amide bonds. The smallest absolute Gasteiger partial charge is 0.122 e. The summed E-state index contributed by atoms with van der Waals surface area (Å²) in [4.78, 5) is 6.79. The normalized spacial score (nSPS) is 25.2. The van der Waals surface area contributed by atoms with E-state index in [-0.39, 0.29) is 6.04 Å². The molecule has 164 valence electrons. The third-order valence-electron chi connectivity index (χ3n) is 7.05. The van der Waals surface area contributed by atoms with Gasteiger partial charge >= 0.3 is 0 Å². The van der Waals surface area contributed by atoms with Crippen molar-refractivity contribution in [2.45, 2.75) is 30.5 Å². The summed E-state index contributed by atoms with van der Waals surface area (Å²) in [5, 5.41) is 0. The van der Waals surface area contributed by atoms with Crippen molar-refractivity contribution in [3.63, 3.8) is 0 Å². The van der Waals surface area contributed by atoms with Crippen molar-refractivity contribution in [2.75, 3.05) is 7.05 Å². The Morgan fingerprint density at radius 2 is 1.12 bits per heavy atom. The number of likely N-dealkylation sites (N-methyl/N-ethyl adjacent to an activating group) is 1. The maximum absolute atomic E-state index is 5.26. The lowest BCUT2D eigenvalue weighted by Crippen LogP contribution is -3.11. The van der Waals surface area contributed by atoms with E-state index < -0.39 is 0 Å². The summed E-state index contributed by atoms with van der Waals surface area (Å²) in [6, 6.07) is 44.3. The lowest BCUT2D eigenvalue weighted by molar-refractivity contribution is -0.951. The molecule has 0 radical (unpaired) electrons. The second kappa shape index (κ2) is 9.97. The highest BCUT2D eigenvalue weighted by Crippen LogP contribution is 2.41. The molecule has 33 heavy (non-hydrogen) atoms. The van der Waals surface area contributed by atoms with E-state index in [1.165, 1.54) is 21.6 Å². The van der Waals surface area contributed by atoms with Crippen LogP contribution in [-0.2, 0) is 0 Å². The van der Waals surface area contributed by atoms with Crippen LogP contribution in [-0.4, -0.2) is 19.3 Å². The molecule has 4 aromatic rings. The molecule has 1 aliphatic rings. The number of quaternary nitrogens is 1. The van der Waals surface area contributed by atoms with E-state index in [0.29, 0.717) is 18.0 Å². The minimum Gasteiger partial charge on any atom is -0.324 e. The molecule has 0 spiro atoms. The highest BCUT2D eigenvalue weighted by atomic mass is 15.2. The predicted octanol–water partition coefficient (Wildman–Crippen LogP) is 5.66. The van der Waals surface area contributed by atoms with Crippen LogP contribution in [0.1, 0.15) is 46.7 Å². The summed E-state index contributed by atoms with van der Waals surface area (Å²) in [5.41, 5.74) is 5.29. The van der Waals surface area contributed by atoms with Crippen LogP contribution in [0, 0.1) is 0 Å². The van der Waals surface area contributed by atoms with Crippen LogP contribution in [0.15, 0.2) is 126 Å². The number of aliphatic imine (C=N–C) groups is 1.